The molecule has 1 aromatic carbocycles. The van der Waals surface area contributed by atoms with Crippen LogP contribution in [0.25, 0.3) is 0 Å². The van der Waals surface area contributed by atoms with Crippen LogP contribution >= 0.6 is 0 Å². The third-order valence-electron chi connectivity index (χ3n) is 3.39. The number of nitrogens with zero attached hydrogens (tertiary/aromatic N) is 2. The minimum Gasteiger partial charge on any atom is -0.339 e. The number of carbonyl (C=O) groups is 1. The number of hydrogen-bond donors (Lipinski definition) is 2. The van der Waals surface area contributed by atoms with Gasteiger partial charge in [0.1, 0.15) is 0 Å². The summed E-state index contributed by atoms with van der Waals surface area (Å²) in [5.74, 6) is 1.39. The molecule has 0 bridgehead atoms. The van der Waals surface area contributed by atoms with Crippen molar-refractivity contribution in [2.45, 2.75) is 34.1 Å². The van der Waals surface area contributed by atoms with E-state index in [0.717, 1.165) is 5.69 Å². The van der Waals surface area contributed by atoms with Crippen LogP contribution in [-0.4, -0.2) is 16.1 Å². The van der Waals surface area contributed by atoms with Gasteiger partial charge in [0, 0.05) is 12.1 Å². The molecule has 0 unspecified atom stereocenters. The zero-order valence-corrected chi connectivity index (χ0v) is 13.5. The quantitative estimate of drug-likeness (QED) is 0.880. The second-order valence-corrected chi connectivity index (χ2v) is 5.82. The van der Waals surface area contributed by atoms with Crippen LogP contribution in [-0.2, 0) is 4.79 Å². The maximum Gasteiger partial charge on any atom is 0.225 e. The van der Waals surface area contributed by atoms with Gasteiger partial charge in [0.2, 0.25) is 5.91 Å². The van der Waals surface area contributed by atoms with Crippen LogP contribution in [0.1, 0.15) is 31.4 Å². The molecule has 1 heterocycles. The molecular formula is C17H22N4O. The lowest BCUT2D eigenvalue weighted by atomic mass is 10.1. The van der Waals surface area contributed by atoms with Crippen molar-refractivity contribution in [2.75, 3.05) is 10.6 Å². The molecule has 0 atom stereocenters. The van der Waals surface area contributed by atoms with E-state index in [9.17, 15) is 4.79 Å². The van der Waals surface area contributed by atoms with Crippen LogP contribution in [0.2, 0.25) is 0 Å². The molecule has 0 saturated heterocycles. The van der Waals surface area contributed by atoms with Gasteiger partial charge < -0.3 is 10.6 Å². The summed E-state index contributed by atoms with van der Waals surface area (Å²) in [6, 6.07) is 9.62. The third-order valence-corrected chi connectivity index (χ3v) is 3.39. The van der Waals surface area contributed by atoms with Gasteiger partial charge >= 0.3 is 0 Å². The van der Waals surface area contributed by atoms with Gasteiger partial charge in [-0.15, -0.1) is 10.2 Å². The smallest absolute Gasteiger partial charge is 0.225 e. The van der Waals surface area contributed by atoms with Crippen molar-refractivity contribution in [2.24, 2.45) is 5.92 Å². The molecule has 0 saturated carbocycles. The summed E-state index contributed by atoms with van der Waals surface area (Å²) in [5, 5.41) is 14.1. The summed E-state index contributed by atoms with van der Waals surface area (Å²) in [6.07, 6.45) is 0.476. The Bertz CT molecular complexity index is 650. The summed E-state index contributed by atoms with van der Waals surface area (Å²) in [5.41, 5.74) is 3.40. The van der Waals surface area contributed by atoms with Crippen LogP contribution in [0, 0.1) is 19.8 Å². The molecule has 0 fully saturated rings. The maximum atomic E-state index is 11.7. The van der Waals surface area contributed by atoms with Crippen molar-refractivity contribution in [1.82, 2.24) is 10.2 Å². The molecule has 0 aliphatic rings. The lowest BCUT2D eigenvalue weighted by molar-refractivity contribution is -0.116. The van der Waals surface area contributed by atoms with Crippen LogP contribution in [0.4, 0.5) is 17.3 Å². The van der Waals surface area contributed by atoms with E-state index in [1.807, 2.05) is 26.0 Å². The van der Waals surface area contributed by atoms with E-state index in [0.29, 0.717) is 24.0 Å². The molecule has 1 aromatic heterocycles. The topological polar surface area (TPSA) is 66.9 Å². The monoisotopic (exact) mass is 298 g/mol. The van der Waals surface area contributed by atoms with Crippen molar-refractivity contribution in [1.29, 1.82) is 0 Å². The lowest BCUT2D eigenvalue weighted by Gasteiger charge is -2.11. The number of carbonyl (C=O) groups excluding carboxylic acids is 1. The van der Waals surface area contributed by atoms with Gasteiger partial charge in [0.25, 0.3) is 0 Å². The van der Waals surface area contributed by atoms with E-state index in [1.165, 1.54) is 11.1 Å². The van der Waals surface area contributed by atoms with E-state index in [2.05, 4.69) is 40.7 Å². The maximum absolute atomic E-state index is 11.7. The zero-order valence-electron chi connectivity index (χ0n) is 13.5. The highest BCUT2D eigenvalue weighted by Gasteiger charge is 2.07. The Hall–Kier alpha value is -2.43. The third kappa shape index (κ3) is 4.28. The van der Waals surface area contributed by atoms with Crippen LogP contribution in [0.3, 0.4) is 0 Å². The predicted molar refractivity (Wildman–Crippen MR) is 89.3 cm³/mol. The number of aromatic nitrogens is 2. The lowest BCUT2D eigenvalue weighted by Crippen LogP contribution is -2.15. The van der Waals surface area contributed by atoms with Crippen molar-refractivity contribution in [3.8, 4) is 0 Å². The highest BCUT2D eigenvalue weighted by molar-refractivity contribution is 5.89. The first kappa shape index (κ1) is 15.9. The van der Waals surface area contributed by atoms with Crippen molar-refractivity contribution >= 4 is 23.2 Å². The summed E-state index contributed by atoms with van der Waals surface area (Å²) in [7, 11) is 0. The van der Waals surface area contributed by atoms with Gasteiger partial charge in [-0.2, -0.15) is 0 Å². The Labute approximate surface area is 131 Å². The number of benzene rings is 1. The molecule has 22 heavy (non-hydrogen) atoms. The number of aryl methyl sites for hydroxylation is 1. The Morgan fingerprint density at radius 1 is 1.09 bits per heavy atom. The zero-order chi connectivity index (χ0) is 16.1. The molecule has 2 N–H and O–H groups in total. The van der Waals surface area contributed by atoms with Gasteiger partial charge in [0.05, 0.1) is 0 Å². The number of amides is 1. The van der Waals surface area contributed by atoms with Gasteiger partial charge in [-0.1, -0.05) is 26.0 Å². The van der Waals surface area contributed by atoms with Gasteiger partial charge in [-0.3, -0.25) is 4.79 Å². The summed E-state index contributed by atoms with van der Waals surface area (Å²) < 4.78 is 0. The largest absolute Gasteiger partial charge is 0.339 e. The van der Waals surface area contributed by atoms with E-state index in [-0.39, 0.29) is 5.91 Å². The van der Waals surface area contributed by atoms with Crippen molar-refractivity contribution < 1.29 is 4.79 Å². The minimum absolute atomic E-state index is 0.0421. The van der Waals surface area contributed by atoms with Crippen molar-refractivity contribution in [3.63, 3.8) is 0 Å². The molecule has 5 heteroatoms. The average molecular weight is 298 g/mol. The molecule has 0 aliphatic heterocycles. The number of anilines is 3. The van der Waals surface area contributed by atoms with E-state index in [1.54, 1.807) is 12.1 Å². The van der Waals surface area contributed by atoms with E-state index < -0.39 is 0 Å². The van der Waals surface area contributed by atoms with Crippen LogP contribution < -0.4 is 10.6 Å². The van der Waals surface area contributed by atoms with Crippen LogP contribution in [0.5, 0.6) is 0 Å². The second kappa shape index (κ2) is 7.02. The Morgan fingerprint density at radius 3 is 2.41 bits per heavy atom. The van der Waals surface area contributed by atoms with Crippen LogP contribution in [0.15, 0.2) is 30.3 Å². The summed E-state index contributed by atoms with van der Waals surface area (Å²) in [4.78, 5) is 11.7. The fraction of sp³-hybridized carbons (Fsp3) is 0.353. The molecule has 0 aliphatic carbocycles. The average Bonchev–Trinajstić information content (AvgIpc) is 2.45. The van der Waals surface area contributed by atoms with Gasteiger partial charge in [-0.25, -0.2) is 0 Å². The standard InChI is InChI=1S/C17H22N4O/c1-11(2)10-17(22)19-16-9-8-15(20-21-16)18-14-7-5-6-12(3)13(14)4/h5-9,11H,10H2,1-4H3,(H,18,20)(H,19,21,22). The Morgan fingerprint density at radius 2 is 1.77 bits per heavy atom. The van der Waals surface area contributed by atoms with E-state index in [4.69, 9.17) is 0 Å². The normalized spacial score (nSPS) is 10.6. The highest BCUT2D eigenvalue weighted by Crippen LogP contribution is 2.21. The molecule has 0 spiro atoms. The summed E-state index contributed by atoms with van der Waals surface area (Å²) in [6.45, 7) is 8.13. The fourth-order valence-corrected chi connectivity index (χ4v) is 2.05. The number of nitrogens with one attached hydrogen (secondary N) is 2. The molecular weight excluding hydrogens is 276 g/mol. The Balaban J connectivity index is 2.03. The SMILES string of the molecule is Cc1cccc(Nc2ccc(NC(=O)CC(C)C)nn2)c1C. The van der Waals surface area contributed by atoms with Gasteiger partial charge in [0.15, 0.2) is 11.6 Å². The highest BCUT2D eigenvalue weighted by atomic mass is 16.1. The molecule has 2 rings (SSSR count). The summed E-state index contributed by atoms with van der Waals surface area (Å²) >= 11 is 0. The molecule has 1 amide bonds. The molecule has 2 aromatic rings. The Kier molecular flexibility index (Phi) is 5.09. The first-order valence-electron chi connectivity index (χ1n) is 7.42. The first-order valence-corrected chi connectivity index (χ1v) is 7.42. The molecule has 5 nitrogen and oxygen atoms in total. The van der Waals surface area contributed by atoms with Crippen molar-refractivity contribution in [3.05, 3.63) is 41.5 Å². The first-order chi connectivity index (χ1) is 10.5. The van der Waals surface area contributed by atoms with Gasteiger partial charge in [-0.05, 0) is 49.1 Å². The van der Waals surface area contributed by atoms with E-state index >= 15 is 0 Å². The molecule has 0 radical (unpaired) electrons. The second-order valence-electron chi connectivity index (χ2n) is 5.82. The number of hydrogen-bond acceptors (Lipinski definition) is 4. The number of rotatable bonds is 5. The minimum atomic E-state index is -0.0421. The molecule has 116 valence electrons. The fourth-order valence-electron chi connectivity index (χ4n) is 2.05. The predicted octanol–water partition coefficient (Wildman–Crippen LogP) is 3.82.